The van der Waals surface area contributed by atoms with Crippen LogP contribution in [0.2, 0.25) is 0 Å². The second-order valence-corrected chi connectivity index (χ2v) is 5.23. The van der Waals surface area contributed by atoms with Crippen molar-refractivity contribution in [3.63, 3.8) is 0 Å². The monoisotopic (exact) mass is 412 g/mol. The molecule has 0 bridgehead atoms. The highest BCUT2D eigenvalue weighted by molar-refractivity contribution is 14.0. The standard InChI is InChI=1S/C15H32N4O.HI/c1-3-20-14-8-5-9-17-15(16-2)18-10-13-19-11-6-4-7-12-19;/h3-14H2,1-2H3,(H2,16,17,18);1H. The van der Waals surface area contributed by atoms with Gasteiger partial charge in [0, 0.05) is 39.9 Å². The number of aliphatic imine (C=N–C) groups is 1. The third-order valence-corrected chi connectivity index (χ3v) is 3.60. The van der Waals surface area contributed by atoms with Gasteiger partial charge < -0.3 is 20.3 Å². The number of hydrogen-bond donors (Lipinski definition) is 2. The van der Waals surface area contributed by atoms with Crippen LogP contribution in [0, 0.1) is 0 Å². The molecule has 2 N–H and O–H groups in total. The van der Waals surface area contributed by atoms with Crippen molar-refractivity contribution < 1.29 is 4.74 Å². The van der Waals surface area contributed by atoms with E-state index in [-0.39, 0.29) is 24.0 Å². The van der Waals surface area contributed by atoms with Gasteiger partial charge in [-0.05, 0) is 45.7 Å². The van der Waals surface area contributed by atoms with Gasteiger partial charge in [0.2, 0.25) is 0 Å². The molecule has 0 amide bonds. The summed E-state index contributed by atoms with van der Waals surface area (Å²) in [6.07, 6.45) is 6.33. The highest BCUT2D eigenvalue weighted by atomic mass is 127. The maximum Gasteiger partial charge on any atom is 0.191 e. The molecule has 1 aliphatic heterocycles. The fraction of sp³-hybridized carbons (Fsp3) is 0.933. The van der Waals surface area contributed by atoms with E-state index < -0.39 is 0 Å². The number of rotatable bonds is 9. The van der Waals surface area contributed by atoms with Crippen molar-refractivity contribution in [1.82, 2.24) is 15.5 Å². The molecule has 0 atom stereocenters. The molecule has 5 nitrogen and oxygen atoms in total. The SMILES string of the molecule is CCOCCCCNC(=NC)NCCN1CCCCC1.I. The number of nitrogens with one attached hydrogen (secondary N) is 2. The Hall–Kier alpha value is -0.0800. The molecule has 1 saturated heterocycles. The normalized spacial score (nSPS) is 16.4. The van der Waals surface area contributed by atoms with Gasteiger partial charge in [-0.2, -0.15) is 0 Å². The van der Waals surface area contributed by atoms with Gasteiger partial charge in [0.25, 0.3) is 0 Å². The van der Waals surface area contributed by atoms with E-state index in [4.69, 9.17) is 4.74 Å². The smallest absolute Gasteiger partial charge is 0.191 e. The summed E-state index contributed by atoms with van der Waals surface area (Å²) in [5.74, 6) is 0.915. The maximum atomic E-state index is 5.32. The first-order chi connectivity index (χ1) is 9.86. The number of halogens is 1. The largest absolute Gasteiger partial charge is 0.382 e. The molecule has 0 unspecified atom stereocenters. The van der Waals surface area contributed by atoms with Gasteiger partial charge in [0.1, 0.15) is 0 Å². The molecule has 0 aromatic carbocycles. The number of hydrogen-bond acceptors (Lipinski definition) is 3. The Balaban J connectivity index is 0.00000400. The summed E-state index contributed by atoms with van der Waals surface area (Å²) in [6.45, 7) is 9.26. The molecular weight excluding hydrogens is 379 g/mol. The second kappa shape index (κ2) is 14.8. The van der Waals surface area contributed by atoms with Crippen molar-refractivity contribution in [3.05, 3.63) is 0 Å². The fourth-order valence-corrected chi connectivity index (χ4v) is 2.42. The van der Waals surface area contributed by atoms with E-state index in [9.17, 15) is 0 Å². The third kappa shape index (κ3) is 11.2. The molecule has 0 aromatic heterocycles. The highest BCUT2D eigenvalue weighted by Crippen LogP contribution is 2.07. The molecule has 0 aliphatic carbocycles. The van der Waals surface area contributed by atoms with E-state index in [0.717, 1.165) is 51.6 Å². The zero-order chi connectivity index (χ0) is 14.5. The lowest BCUT2D eigenvalue weighted by Crippen LogP contribution is -2.42. The number of ether oxygens (including phenoxy) is 1. The Morgan fingerprint density at radius 3 is 2.48 bits per heavy atom. The minimum atomic E-state index is 0. The second-order valence-electron chi connectivity index (χ2n) is 5.23. The summed E-state index contributed by atoms with van der Waals surface area (Å²) in [7, 11) is 1.83. The first kappa shape index (κ1) is 20.9. The van der Waals surface area contributed by atoms with Crippen LogP contribution in [0.1, 0.15) is 39.0 Å². The lowest BCUT2D eigenvalue weighted by atomic mass is 10.1. The first-order valence-electron chi connectivity index (χ1n) is 8.11. The zero-order valence-electron chi connectivity index (χ0n) is 13.7. The summed E-state index contributed by atoms with van der Waals surface area (Å²) in [5.41, 5.74) is 0. The summed E-state index contributed by atoms with van der Waals surface area (Å²) in [5, 5.41) is 6.73. The van der Waals surface area contributed by atoms with Crippen molar-refractivity contribution in [3.8, 4) is 0 Å². The van der Waals surface area contributed by atoms with Crippen molar-refractivity contribution >= 4 is 29.9 Å². The summed E-state index contributed by atoms with van der Waals surface area (Å²) >= 11 is 0. The van der Waals surface area contributed by atoms with E-state index in [1.165, 1.54) is 32.4 Å². The maximum absolute atomic E-state index is 5.32. The topological polar surface area (TPSA) is 48.9 Å². The molecule has 126 valence electrons. The molecule has 1 heterocycles. The van der Waals surface area contributed by atoms with E-state index in [1.807, 2.05) is 14.0 Å². The minimum absolute atomic E-state index is 0. The van der Waals surface area contributed by atoms with Gasteiger partial charge >= 0.3 is 0 Å². The lowest BCUT2D eigenvalue weighted by Gasteiger charge is -2.26. The van der Waals surface area contributed by atoms with Gasteiger partial charge in [-0.1, -0.05) is 6.42 Å². The lowest BCUT2D eigenvalue weighted by molar-refractivity contribution is 0.143. The molecule has 0 radical (unpaired) electrons. The Morgan fingerprint density at radius 1 is 1.10 bits per heavy atom. The summed E-state index contributed by atoms with van der Waals surface area (Å²) in [4.78, 5) is 6.78. The van der Waals surface area contributed by atoms with Crippen molar-refractivity contribution in [1.29, 1.82) is 0 Å². The molecular formula is C15H33IN4O. The van der Waals surface area contributed by atoms with E-state index in [0.29, 0.717) is 0 Å². The molecule has 6 heteroatoms. The average molecular weight is 412 g/mol. The van der Waals surface area contributed by atoms with Crippen LogP contribution in [0.5, 0.6) is 0 Å². The van der Waals surface area contributed by atoms with Gasteiger partial charge in [0.15, 0.2) is 5.96 Å². The molecule has 1 fully saturated rings. The number of unbranched alkanes of at least 4 members (excludes halogenated alkanes) is 1. The Bertz CT molecular complexity index is 258. The molecule has 0 saturated carbocycles. The Labute approximate surface area is 147 Å². The number of likely N-dealkylation sites (tertiary alicyclic amines) is 1. The van der Waals surface area contributed by atoms with Gasteiger partial charge in [-0.15, -0.1) is 24.0 Å². The molecule has 0 aromatic rings. The fourth-order valence-electron chi connectivity index (χ4n) is 2.42. The third-order valence-electron chi connectivity index (χ3n) is 3.60. The van der Waals surface area contributed by atoms with Crippen molar-refractivity contribution in [2.24, 2.45) is 4.99 Å². The number of guanidine groups is 1. The van der Waals surface area contributed by atoms with Gasteiger partial charge in [0.05, 0.1) is 0 Å². The highest BCUT2D eigenvalue weighted by Gasteiger charge is 2.09. The van der Waals surface area contributed by atoms with Crippen LogP contribution in [0.3, 0.4) is 0 Å². The molecule has 21 heavy (non-hydrogen) atoms. The summed E-state index contributed by atoms with van der Waals surface area (Å²) < 4.78 is 5.32. The molecule has 0 spiro atoms. The van der Waals surface area contributed by atoms with E-state index in [1.54, 1.807) is 0 Å². The van der Waals surface area contributed by atoms with Crippen LogP contribution in [0.4, 0.5) is 0 Å². The van der Waals surface area contributed by atoms with Crippen LogP contribution >= 0.6 is 24.0 Å². The predicted molar refractivity (Wildman–Crippen MR) is 101 cm³/mol. The van der Waals surface area contributed by atoms with E-state index >= 15 is 0 Å². The van der Waals surface area contributed by atoms with Crippen LogP contribution in [0.25, 0.3) is 0 Å². The number of nitrogens with zero attached hydrogens (tertiary/aromatic N) is 2. The first-order valence-corrected chi connectivity index (χ1v) is 8.11. The van der Waals surface area contributed by atoms with Crippen LogP contribution < -0.4 is 10.6 Å². The van der Waals surface area contributed by atoms with Crippen molar-refractivity contribution in [2.75, 3.05) is 53.0 Å². The van der Waals surface area contributed by atoms with Gasteiger partial charge in [-0.3, -0.25) is 4.99 Å². The quantitative estimate of drug-likeness (QED) is 0.264. The van der Waals surface area contributed by atoms with Crippen molar-refractivity contribution in [2.45, 2.75) is 39.0 Å². The predicted octanol–water partition coefficient (Wildman–Crippen LogP) is 2.07. The van der Waals surface area contributed by atoms with Crippen LogP contribution in [-0.2, 0) is 4.74 Å². The van der Waals surface area contributed by atoms with Crippen LogP contribution in [0.15, 0.2) is 4.99 Å². The zero-order valence-corrected chi connectivity index (χ0v) is 16.0. The Morgan fingerprint density at radius 2 is 1.81 bits per heavy atom. The Kier molecular flexibility index (Phi) is 14.8. The average Bonchev–Trinajstić information content (AvgIpc) is 2.50. The number of piperidine rings is 1. The van der Waals surface area contributed by atoms with E-state index in [2.05, 4.69) is 20.5 Å². The van der Waals surface area contributed by atoms with Crippen LogP contribution in [-0.4, -0.2) is 63.8 Å². The summed E-state index contributed by atoms with van der Waals surface area (Å²) in [6, 6.07) is 0. The minimum Gasteiger partial charge on any atom is -0.382 e. The molecule has 1 aliphatic rings. The van der Waals surface area contributed by atoms with Gasteiger partial charge in [-0.25, -0.2) is 0 Å². The molecule has 1 rings (SSSR count).